The first-order valence-corrected chi connectivity index (χ1v) is 6.50. The van der Waals surface area contributed by atoms with Crippen LogP contribution in [0.15, 0.2) is 0 Å². The Morgan fingerprint density at radius 2 is 1.71 bits per heavy atom. The van der Waals surface area contributed by atoms with E-state index in [2.05, 4.69) is 15.9 Å². The summed E-state index contributed by atoms with van der Waals surface area (Å²) in [6.45, 7) is 7.45. The van der Waals surface area contributed by atoms with Gasteiger partial charge in [-0.25, -0.2) is 4.79 Å². The highest BCUT2D eigenvalue weighted by atomic mass is 79.9. The Labute approximate surface area is 111 Å². The number of nitrogens with two attached hydrogens (primary N) is 1. The fourth-order valence-electron chi connectivity index (χ4n) is 0.795. The maximum absolute atomic E-state index is 11.3. The first-order chi connectivity index (χ1) is 7.73. The summed E-state index contributed by atoms with van der Waals surface area (Å²) >= 11 is 3.26. The number of imide groups is 1. The van der Waals surface area contributed by atoms with Crippen LogP contribution in [0.4, 0.5) is 4.79 Å². The molecule has 0 aromatic rings. The molecule has 0 bridgehead atoms. The number of alkyl halides is 1. The molecule has 0 rings (SSSR count). The summed E-state index contributed by atoms with van der Waals surface area (Å²) in [6.07, 6.45) is 1.97. The average molecular weight is 311 g/mol. The first-order valence-electron chi connectivity index (χ1n) is 5.71. The van der Waals surface area contributed by atoms with E-state index in [1.54, 1.807) is 6.92 Å². The van der Waals surface area contributed by atoms with Crippen molar-refractivity contribution in [2.45, 2.75) is 57.4 Å². The van der Waals surface area contributed by atoms with Crippen LogP contribution in [0.1, 0.15) is 47.0 Å². The Hall–Kier alpha value is -0.620. The second-order valence-corrected chi connectivity index (χ2v) is 5.27. The van der Waals surface area contributed by atoms with E-state index in [0.717, 1.165) is 6.42 Å². The summed E-state index contributed by atoms with van der Waals surface area (Å²) in [6, 6.07) is -0.814. The molecule has 3 amide bonds. The number of aliphatic hydroxyl groups is 1. The minimum absolute atomic E-state index is 0.116. The van der Waals surface area contributed by atoms with E-state index in [1.165, 1.54) is 0 Å². The Kier molecular flexibility index (Phi) is 10.4. The van der Waals surface area contributed by atoms with Gasteiger partial charge in [0.05, 0.1) is 6.10 Å². The molecule has 0 fully saturated rings. The number of aliphatic hydroxyl groups excluding tert-OH is 1. The number of hydrogen-bond donors (Lipinski definition) is 3. The second-order valence-electron chi connectivity index (χ2n) is 3.75. The Morgan fingerprint density at radius 1 is 1.35 bits per heavy atom. The van der Waals surface area contributed by atoms with Crippen LogP contribution in [-0.2, 0) is 4.79 Å². The van der Waals surface area contributed by atoms with Gasteiger partial charge < -0.3 is 10.8 Å². The second kappa shape index (κ2) is 9.41. The molecule has 0 aliphatic heterocycles. The molecule has 102 valence electrons. The number of hydrogen-bond acceptors (Lipinski definition) is 3. The van der Waals surface area contributed by atoms with Crippen molar-refractivity contribution in [2.24, 2.45) is 5.73 Å². The van der Waals surface area contributed by atoms with Crippen LogP contribution in [0.3, 0.4) is 0 Å². The zero-order chi connectivity index (χ0) is 14.1. The van der Waals surface area contributed by atoms with Gasteiger partial charge in [0.2, 0.25) is 5.91 Å². The van der Waals surface area contributed by atoms with Gasteiger partial charge in [0.1, 0.15) is 4.32 Å². The highest BCUT2D eigenvalue weighted by Gasteiger charge is 2.32. The summed E-state index contributed by atoms with van der Waals surface area (Å²) in [4.78, 5) is 21.6. The van der Waals surface area contributed by atoms with Crippen LogP contribution in [0.5, 0.6) is 0 Å². The summed E-state index contributed by atoms with van der Waals surface area (Å²) in [5, 5.41) is 10.4. The third kappa shape index (κ3) is 9.12. The lowest BCUT2D eigenvalue weighted by Crippen LogP contribution is -2.46. The van der Waals surface area contributed by atoms with Gasteiger partial charge in [0.25, 0.3) is 0 Å². The van der Waals surface area contributed by atoms with E-state index in [0.29, 0.717) is 12.8 Å². The van der Waals surface area contributed by atoms with E-state index in [4.69, 9.17) is 10.8 Å². The van der Waals surface area contributed by atoms with Crippen LogP contribution in [0, 0.1) is 0 Å². The van der Waals surface area contributed by atoms with Crippen molar-refractivity contribution in [1.82, 2.24) is 5.32 Å². The molecule has 0 heterocycles. The third-order valence-corrected chi connectivity index (χ3v) is 3.84. The molecule has 0 saturated carbocycles. The maximum Gasteiger partial charge on any atom is 0.318 e. The minimum atomic E-state index is -0.814. The van der Waals surface area contributed by atoms with Crippen LogP contribution in [0.2, 0.25) is 0 Å². The number of amides is 3. The molecule has 6 heteroatoms. The number of halogens is 1. The molecule has 0 radical (unpaired) electrons. The van der Waals surface area contributed by atoms with Gasteiger partial charge in [-0.2, -0.15) is 0 Å². The largest absolute Gasteiger partial charge is 0.393 e. The lowest BCUT2D eigenvalue weighted by molar-refractivity contribution is -0.122. The molecule has 1 atom stereocenters. The van der Waals surface area contributed by atoms with Crippen molar-refractivity contribution in [1.29, 1.82) is 0 Å². The number of nitrogens with one attached hydrogen (secondary N) is 1. The van der Waals surface area contributed by atoms with Gasteiger partial charge in [-0.15, -0.1) is 0 Å². The molecular weight excluding hydrogens is 288 g/mol. The van der Waals surface area contributed by atoms with E-state index >= 15 is 0 Å². The summed E-state index contributed by atoms with van der Waals surface area (Å²) < 4.78 is -0.665. The van der Waals surface area contributed by atoms with Crippen molar-refractivity contribution < 1.29 is 14.7 Å². The molecule has 17 heavy (non-hydrogen) atoms. The van der Waals surface area contributed by atoms with Gasteiger partial charge in [-0.05, 0) is 26.2 Å². The standard InChI is InChI=1S/C7H13BrN2O2.C4H10O/c1-3-7(8,4-2)5(11)10-6(9)12;1-3-4(2)5/h3-4H2,1-2H3,(H3,9,10,11,12);4-5H,3H2,1-2H3. The fourth-order valence-corrected chi connectivity index (χ4v) is 0.894. The lowest BCUT2D eigenvalue weighted by atomic mass is 10.0. The van der Waals surface area contributed by atoms with Crippen LogP contribution >= 0.6 is 15.9 Å². The molecule has 0 saturated heterocycles. The van der Waals surface area contributed by atoms with E-state index in [-0.39, 0.29) is 12.0 Å². The van der Waals surface area contributed by atoms with Crippen LogP contribution < -0.4 is 11.1 Å². The minimum Gasteiger partial charge on any atom is -0.393 e. The maximum atomic E-state index is 11.3. The van der Waals surface area contributed by atoms with E-state index < -0.39 is 10.4 Å². The summed E-state index contributed by atoms with van der Waals surface area (Å²) in [5.41, 5.74) is 4.81. The van der Waals surface area contributed by atoms with Gasteiger partial charge in [-0.3, -0.25) is 10.1 Å². The number of urea groups is 1. The third-order valence-electron chi connectivity index (χ3n) is 2.36. The van der Waals surface area contributed by atoms with Crippen molar-refractivity contribution in [3.8, 4) is 0 Å². The Morgan fingerprint density at radius 3 is 1.88 bits per heavy atom. The molecule has 5 nitrogen and oxygen atoms in total. The average Bonchev–Trinajstić information content (AvgIpc) is 2.27. The first kappa shape index (κ1) is 18.7. The monoisotopic (exact) mass is 310 g/mol. The SMILES string of the molecule is CCC(Br)(CC)C(=O)NC(N)=O.CCC(C)O. The van der Waals surface area contributed by atoms with Gasteiger partial charge in [0, 0.05) is 0 Å². The predicted molar refractivity (Wildman–Crippen MR) is 71.9 cm³/mol. The number of carbonyl (C=O) groups is 2. The highest BCUT2D eigenvalue weighted by molar-refractivity contribution is 9.10. The molecule has 0 spiro atoms. The fraction of sp³-hybridized carbons (Fsp3) is 0.818. The van der Waals surface area contributed by atoms with Gasteiger partial charge in [0.15, 0.2) is 0 Å². The number of primary amides is 1. The zero-order valence-electron chi connectivity index (χ0n) is 10.9. The highest BCUT2D eigenvalue weighted by Crippen LogP contribution is 2.26. The zero-order valence-corrected chi connectivity index (χ0v) is 12.5. The number of carbonyl (C=O) groups excluding carboxylic acids is 2. The quantitative estimate of drug-likeness (QED) is 0.692. The van der Waals surface area contributed by atoms with E-state index in [1.807, 2.05) is 26.1 Å². The smallest absolute Gasteiger partial charge is 0.318 e. The molecule has 4 N–H and O–H groups in total. The van der Waals surface area contributed by atoms with Gasteiger partial charge in [-0.1, -0.05) is 36.7 Å². The summed E-state index contributed by atoms with van der Waals surface area (Å²) in [5.74, 6) is -0.375. The van der Waals surface area contributed by atoms with Crippen molar-refractivity contribution >= 4 is 27.9 Å². The molecule has 0 aromatic heterocycles. The topological polar surface area (TPSA) is 92.4 Å². The molecule has 0 aliphatic carbocycles. The van der Waals surface area contributed by atoms with Crippen molar-refractivity contribution in [3.63, 3.8) is 0 Å². The van der Waals surface area contributed by atoms with Crippen LogP contribution in [-0.4, -0.2) is 27.5 Å². The Bertz CT molecular complexity index is 241. The molecular formula is C11H23BrN2O3. The van der Waals surface area contributed by atoms with Crippen molar-refractivity contribution in [2.75, 3.05) is 0 Å². The predicted octanol–water partition coefficient (Wildman–Crippen LogP) is 1.91. The normalized spacial score (nSPS) is 12.1. The van der Waals surface area contributed by atoms with E-state index in [9.17, 15) is 9.59 Å². The molecule has 0 aliphatic rings. The van der Waals surface area contributed by atoms with Gasteiger partial charge >= 0.3 is 6.03 Å². The lowest BCUT2D eigenvalue weighted by Gasteiger charge is -2.21. The Balaban J connectivity index is 0. The van der Waals surface area contributed by atoms with Crippen molar-refractivity contribution in [3.05, 3.63) is 0 Å². The molecule has 1 unspecified atom stereocenters. The summed E-state index contributed by atoms with van der Waals surface area (Å²) in [7, 11) is 0. The molecule has 0 aromatic carbocycles. The van der Waals surface area contributed by atoms with Crippen LogP contribution in [0.25, 0.3) is 0 Å². The number of rotatable bonds is 4.